The van der Waals surface area contributed by atoms with Crippen molar-refractivity contribution in [2.45, 2.75) is 40.0 Å². The third-order valence-corrected chi connectivity index (χ3v) is 1.57. The van der Waals surface area contributed by atoms with Crippen molar-refractivity contribution in [2.75, 3.05) is 7.05 Å². The van der Waals surface area contributed by atoms with Crippen LogP contribution in [0.4, 0.5) is 0 Å². The van der Waals surface area contributed by atoms with Crippen LogP contribution in [0.25, 0.3) is 5.32 Å². The summed E-state index contributed by atoms with van der Waals surface area (Å²) in [7, 11) is 1.55. The monoisotopic (exact) mass is 524 g/mol. The molecule has 0 aliphatic heterocycles. The van der Waals surface area contributed by atoms with Crippen LogP contribution in [0.5, 0.6) is 0 Å². The van der Waals surface area contributed by atoms with Gasteiger partial charge in [-0.15, -0.1) is 7.05 Å². The molecule has 0 saturated carbocycles. The molecule has 0 aromatic heterocycles. The van der Waals surface area contributed by atoms with Crippen LogP contribution >= 0.6 is 0 Å². The second-order valence-corrected chi connectivity index (χ2v) is 4.03. The Morgan fingerprint density at radius 3 is 2.00 bits per heavy atom. The summed E-state index contributed by atoms with van der Waals surface area (Å²) in [5.41, 5.74) is 0.341. The van der Waals surface area contributed by atoms with E-state index in [2.05, 4.69) is 26.1 Å². The Labute approximate surface area is 110 Å². The zero-order chi connectivity index (χ0) is 8.91. The van der Waals surface area contributed by atoms with Gasteiger partial charge in [0.1, 0.15) is 0 Å². The van der Waals surface area contributed by atoms with Gasteiger partial charge in [0, 0.05) is 42.1 Å². The Balaban J connectivity index is -0.000000500. The van der Waals surface area contributed by atoms with E-state index < -0.39 is 0 Å². The zero-order valence-electron chi connectivity index (χ0n) is 8.79. The summed E-state index contributed by atoms with van der Waals surface area (Å²) in [6.45, 7) is 6.54. The molecular formula is C9H18NOW2-. The van der Waals surface area contributed by atoms with Gasteiger partial charge in [0.2, 0.25) is 0 Å². The number of rotatable bonds is 3. The van der Waals surface area contributed by atoms with Crippen LogP contribution < -0.4 is 0 Å². The van der Waals surface area contributed by atoms with Crippen LogP contribution in [0.1, 0.15) is 40.0 Å². The first kappa shape index (κ1) is 19.4. The molecule has 0 unspecified atom stereocenters. The van der Waals surface area contributed by atoms with E-state index in [1.807, 2.05) is 0 Å². The first-order chi connectivity index (χ1) is 4.95. The van der Waals surface area contributed by atoms with E-state index in [1.54, 1.807) is 7.05 Å². The molecule has 0 radical (unpaired) electrons. The van der Waals surface area contributed by atoms with E-state index in [1.165, 1.54) is 0 Å². The van der Waals surface area contributed by atoms with Crippen molar-refractivity contribution < 1.29 is 46.9 Å². The van der Waals surface area contributed by atoms with Gasteiger partial charge in [-0.25, -0.2) is 0 Å². The Hall–Kier alpha value is 0.847. The first-order valence-corrected chi connectivity index (χ1v) is 4.08. The van der Waals surface area contributed by atoms with Crippen LogP contribution in [-0.4, -0.2) is 13.0 Å². The molecule has 0 aliphatic carbocycles. The molecule has 0 N–H and O–H groups in total. The van der Waals surface area contributed by atoms with Gasteiger partial charge < -0.3 is 10.1 Å². The van der Waals surface area contributed by atoms with E-state index in [4.69, 9.17) is 0 Å². The molecular weight excluding hydrogens is 506 g/mol. The Morgan fingerprint density at radius 2 is 1.69 bits per heavy atom. The Morgan fingerprint density at radius 1 is 1.23 bits per heavy atom. The molecule has 0 spiro atoms. The maximum absolute atomic E-state index is 10.7. The number of amides is 1. The van der Waals surface area contributed by atoms with Crippen molar-refractivity contribution in [3.8, 4) is 0 Å². The minimum atomic E-state index is 0. The maximum atomic E-state index is 10.7. The molecule has 13 heavy (non-hydrogen) atoms. The molecule has 0 aromatic carbocycles. The number of carbonyl (C=O) groups is 1. The fourth-order valence-corrected chi connectivity index (χ4v) is 0.882. The topological polar surface area (TPSA) is 31.2 Å². The molecule has 0 heterocycles. The van der Waals surface area contributed by atoms with Crippen molar-refractivity contribution in [3.05, 3.63) is 5.32 Å². The molecule has 0 fully saturated rings. The van der Waals surface area contributed by atoms with Crippen molar-refractivity contribution in [2.24, 2.45) is 5.41 Å². The standard InChI is InChI=1S/C9H19NO.2W/c1-9(2,3)7-5-6-8(11)10-4;;/h5-7H2,1-4H3,(H,10,11);;/p-1. The van der Waals surface area contributed by atoms with Crippen LogP contribution in [-0.2, 0) is 46.9 Å². The van der Waals surface area contributed by atoms with Gasteiger partial charge in [0.25, 0.3) is 0 Å². The van der Waals surface area contributed by atoms with Gasteiger partial charge in [-0.1, -0.05) is 20.8 Å². The third kappa shape index (κ3) is 15.6. The van der Waals surface area contributed by atoms with Crippen LogP contribution in [0.3, 0.4) is 0 Å². The van der Waals surface area contributed by atoms with Gasteiger partial charge in [-0.3, -0.25) is 0 Å². The van der Waals surface area contributed by atoms with Crippen molar-refractivity contribution in [1.29, 1.82) is 0 Å². The Kier molecular flexibility index (Phi) is 14.1. The number of carbonyl (C=O) groups excluding carboxylic acids is 1. The minimum Gasteiger partial charge on any atom is -0.656 e. The zero-order valence-corrected chi connectivity index (χ0v) is 14.7. The van der Waals surface area contributed by atoms with Crippen LogP contribution in [0.15, 0.2) is 0 Å². The predicted molar refractivity (Wildman–Crippen MR) is 47.6 cm³/mol. The predicted octanol–water partition coefficient (Wildman–Crippen LogP) is 2.73. The van der Waals surface area contributed by atoms with E-state index in [-0.39, 0.29) is 48.0 Å². The average Bonchev–Trinajstić information content (AvgIpc) is 1.85. The molecule has 1 amide bonds. The smallest absolute Gasteiger partial charge is 0.0509 e. The molecule has 4 heteroatoms. The van der Waals surface area contributed by atoms with Crippen LogP contribution in [0, 0.1) is 5.41 Å². The normalized spacial score (nSPS) is 9.54. The number of hydrogen-bond acceptors (Lipinski definition) is 1. The largest absolute Gasteiger partial charge is 0.656 e. The van der Waals surface area contributed by atoms with Gasteiger partial charge in [-0.05, 0) is 24.7 Å². The molecule has 0 saturated heterocycles. The van der Waals surface area contributed by atoms with Gasteiger partial charge in [-0.2, -0.15) is 0 Å². The molecule has 0 aliphatic rings. The van der Waals surface area contributed by atoms with Crippen molar-refractivity contribution in [3.63, 3.8) is 0 Å². The molecule has 2 nitrogen and oxygen atoms in total. The summed E-state index contributed by atoms with van der Waals surface area (Å²) in [6.07, 6.45) is 2.65. The molecule has 0 bridgehead atoms. The summed E-state index contributed by atoms with van der Waals surface area (Å²) in [5, 5.41) is 3.57. The van der Waals surface area contributed by atoms with Gasteiger partial charge >= 0.3 is 0 Å². The van der Waals surface area contributed by atoms with Crippen molar-refractivity contribution in [1.82, 2.24) is 0 Å². The third-order valence-electron chi connectivity index (χ3n) is 1.57. The van der Waals surface area contributed by atoms with Crippen molar-refractivity contribution >= 4 is 5.91 Å². The van der Waals surface area contributed by atoms with E-state index in [0.29, 0.717) is 11.8 Å². The summed E-state index contributed by atoms with van der Waals surface area (Å²) >= 11 is 0. The Bertz CT molecular complexity index is 132. The summed E-state index contributed by atoms with van der Waals surface area (Å²) < 4.78 is 0. The number of nitrogens with zero attached hydrogens (tertiary/aromatic N) is 1. The fraction of sp³-hybridized carbons (Fsp3) is 0.889. The summed E-state index contributed by atoms with van der Waals surface area (Å²) in [6, 6.07) is 0. The summed E-state index contributed by atoms with van der Waals surface area (Å²) in [5.74, 6) is 0.0225. The summed E-state index contributed by atoms with van der Waals surface area (Å²) in [4.78, 5) is 10.7. The average molecular weight is 524 g/mol. The number of hydrogen-bond donors (Lipinski definition) is 0. The van der Waals surface area contributed by atoms with Gasteiger partial charge in [0.15, 0.2) is 0 Å². The van der Waals surface area contributed by atoms with E-state index in [9.17, 15) is 4.79 Å². The van der Waals surface area contributed by atoms with E-state index in [0.717, 1.165) is 12.8 Å². The second kappa shape index (κ2) is 9.40. The van der Waals surface area contributed by atoms with Crippen LogP contribution in [0.2, 0.25) is 0 Å². The molecule has 0 aromatic rings. The van der Waals surface area contributed by atoms with Gasteiger partial charge in [0.05, 0.1) is 5.91 Å². The van der Waals surface area contributed by atoms with E-state index >= 15 is 0 Å². The quantitative estimate of drug-likeness (QED) is 0.560. The SMILES string of the molecule is C[N-]C(=O)CCCC(C)(C)C.[W].[W]. The first-order valence-electron chi connectivity index (χ1n) is 4.08. The molecule has 0 atom stereocenters. The fourth-order valence-electron chi connectivity index (χ4n) is 0.882. The second-order valence-electron chi connectivity index (χ2n) is 4.03. The molecule has 0 rings (SSSR count). The maximum Gasteiger partial charge on any atom is 0.0509 e. The minimum absolute atomic E-state index is 0. The molecule has 78 valence electrons.